The third-order valence-electron chi connectivity index (χ3n) is 4.22. The fourth-order valence-electron chi connectivity index (χ4n) is 2.90. The molecule has 110 valence electrons. The van der Waals surface area contributed by atoms with E-state index < -0.39 is 0 Å². The van der Waals surface area contributed by atoms with Gasteiger partial charge in [-0.3, -0.25) is 4.79 Å². The first kappa shape index (κ1) is 14.7. The van der Waals surface area contributed by atoms with E-state index in [4.69, 9.17) is 10.5 Å². The fraction of sp³-hybridized carbons (Fsp3) is 0.562. The van der Waals surface area contributed by atoms with Gasteiger partial charge < -0.3 is 15.8 Å². The van der Waals surface area contributed by atoms with E-state index in [0.29, 0.717) is 22.9 Å². The average molecular weight is 276 g/mol. The summed E-state index contributed by atoms with van der Waals surface area (Å²) in [4.78, 5) is 12.3. The number of carbonyl (C=O) groups is 1. The zero-order valence-electron chi connectivity index (χ0n) is 12.3. The lowest BCUT2D eigenvalue weighted by Crippen LogP contribution is -2.39. The predicted octanol–water partition coefficient (Wildman–Crippen LogP) is 2.98. The van der Waals surface area contributed by atoms with Gasteiger partial charge in [0.05, 0.1) is 12.7 Å². The second kappa shape index (κ2) is 6.64. The summed E-state index contributed by atoms with van der Waals surface area (Å²) in [6, 6.07) is 5.35. The minimum Gasteiger partial charge on any atom is -0.497 e. The van der Waals surface area contributed by atoms with Crippen molar-refractivity contribution in [3.05, 3.63) is 23.8 Å². The summed E-state index contributed by atoms with van der Waals surface area (Å²) in [5.74, 6) is 1.12. The summed E-state index contributed by atoms with van der Waals surface area (Å²) < 4.78 is 5.15. The van der Waals surface area contributed by atoms with Gasteiger partial charge in [-0.25, -0.2) is 0 Å². The molecular formula is C16H24N2O2. The maximum Gasteiger partial charge on any atom is 0.253 e. The van der Waals surface area contributed by atoms with Gasteiger partial charge in [0.15, 0.2) is 0 Å². The summed E-state index contributed by atoms with van der Waals surface area (Å²) >= 11 is 0. The molecule has 3 N–H and O–H groups in total. The predicted molar refractivity (Wildman–Crippen MR) is 80.9 cm³/mol. The topological polar surface area (TPSA) is 64.3 Å². The Bertz CT molecular complexity index is 468. The number of carbonyl (C=O) groups excluding carboxylic acids is 1. The zero-order chi connectivity index (χ0) is 14.5. The van der Waals surface area contributed by atoms with Crippen molar-refractivity contribution in [2.45, 2.75) is 45.1 Å². The first-order valence-corrected chi connectivity index (χ1v) is 7.36. The van der Waals surface area contributed by atoms with Crippen LogP contribution in [0.3, 0.4) is 0 Å². The average Bonchev–Trinajstić information content (AvgIpc) is 2.48. The van der Waals surface area contributed by atoms with Gasteiger partial charge in [0.1, 0.15) is 5.75 Å². The standard InChI is InChI=1S/C16H24N2O2/c1-11(12-6-4-3-5-7-12)18-16(19)14-10-13(20-2)8-9-15(14)17/h8-12H,3-7,17H2,1-2H3,(H,18,19). The van der Waals surface area contributed by atoms with Gasteiger partial charge in [-0.15, -0.1) is 0 Å². The van der Waals surface area contributed by atoms with Gasteiger partial charge in [0.2, 0.25) is 0 Å². The van der Waals surface area contributed by atoms with Crippen molar-refractivity contribution >= 4 is 11.6 Å². The second-order valence-electron chi connectivity index (χ2n) is 5.61. The molecule has 0 bridgehead atoms. The number of anilines is 1. The van der Waals surface area contributed by atoms with Crippen molar-refractivity contribution in [3.63, 3.8) is 0 Å². The van der Waals surface area contributed by atoms with Crippen LogP contribution in [0.2, 0.25) is 0 Å². The number of nitrogen functional groups attached to an aromatic ring is 1. The fourth-order valence-corrected chi connectivity index (χ4v) is 2.90. The van der Waals surface area contributed by atoms with E-state index in [0.717, 1.165) is 0 Å². The molecule has 1 aliphatic rings. The van der Waals surface area contributed by atoms with Crippen LogP contribution in [-0.4, -0.2) is 19.1 Å². The maximum atomic E-state index is 12.3. The Morgan fingerprint density at radius 3 is 2.70 bits per heavy atom. The molecule has 1 fully saturated rings. The molecule has 0 spiro atoms. The van der Waals surface area contributed by atoms with E-state index in [1.165, 1.54) is 32.1 Å². The molecule has 1 aromatic carbocycles. The van der Waals surface area contributed by atoms with Crippen LogP contribution in [0.1, 0.15) is 49.4 Å². The molecule has 4 nitrogen and oxygen atoms in total. The van der Waals surface area contributed by atoms with E-state index in [1.807, 2.05) is 0 Å². The van der Waals surface area contributed by atoms with Crippen LogP contribution in [0.5, 0.6) is 5.75 Å². The van der Waals surface area contributed by atoms with Crippen molar-refractivity contribution in [1.82, 2.24) is 5.32 Å². The Morgan fingerprint density at radius 2 is 2.05 bits per heavy atom. The van der Waals surface area contributed by atoms with Gasteiger partial charge in [-0.1, -0.05) is 19.3 Å². The number of nitrogens with one attached hydrogen (secondary N) is 1. The lowest BCUT2D eigenvalue weighted by atomic mass is 9.84. The Hall–Kier alpha value is -1.71. The summed E-state index contributed by atoms with van der Waals surface area (Å²) in [6.45, 7) is 2.09. The normalized spacial score (nSPS) is 17.5. The van der Waals surface area contributed by atoms with Crippen LogP contribution < -0.4 is 15.8 Å². The first-order chi connectivity index (χ1) is 9.61. The van der Waals surface area contributed by atoms with Crippen LogP contribution in [-0.2, 0) is 0 Å². The van der Waals surface area contributed by atoms with Crippen LogP contribution in [0.25, 0.3) is 0 Å². The number of hydrogen-bond acceptors (Lipinski definition) is 3. The van der Waals surface area contributed by atoms with Crippen LogP contribution >= 0.6 is 0 Å². The van der Waals surface area contributed by atoms with Gasteiger partial charge >= 0.3 is 0 Å². The molecule has 0 aromatic heterocycles. The third kappa shape index (κ3) is 3.44. The van der Waals surface area contributed by atoms with Gasteiger partial charge in [0, 0.05) is 11.7 Å². The SMILES string of the molecule is COc1ccc(N)c(C(=O)NC(C)C2CCCCC2)c1. The van der Waals surface area contributed by atoms with Crippen LogP contribution in [0, 0.1) is 5.92 Å². The Labute approximate surface area is 120 Å². The molecule has 0 radical (unpaired) electrons. The summed E-state index contributed by atoms with van der Waals surface area (Å²) in [5.41, 5.74) is 6.86. The smallest absolute Gasteiger partial charge is 0.253 e. The Morgan fingerprint density at radius 1 is 1.35 bits per heavy atom. The second-order valence-corrected chi connectivity index (χ2v) is 5.61. The highest BCUT2D eigenvalue weighted by atomic mass is 16.5. The molecule has 20 heavy (non-hydrogen) atoms. The Kier molecular flexibility index (Phi) is 4.88. The highest BCUT2D eigenvalue weighted by Crippen LogP contribution is 2.27. The summed E-state index contributed by atoms with van der Waals surface area (Å²) in [7, 11) is 1.58. The zero-order valence-corrected chi connectivity index (χ0v) is 12.3. The molecule has 1 aromatic rings. The lowest BCUT2D eigenvalue weighted by Gasteiger charge is -2.28. The molecule has 4 heteroatoms. The van der Waals surface area contributed by atoms with Crippen molar-refractivity contribution in [1.29, 1.82) is 0 Å². The molecule has 1 aliphatic carbocycles. The van der Waals surface area contributed by atoms with Crippen LogP contribution in [0.15, 0.2) is 18.2 Å². The Balaban J connectivity index is 2.03. The van der Waals surface area contributed by atoms with Gasteiger partial charge in [-0.05, 0) is 43.9 Å². The lowest BCUT2D eigenvalue weighted by molar-refractivity contribution is 0.0920. The van der Waals surface area contributed by atoms with Crippen molar-refractivity contribution < 1.29 is 9.53 Å². The molecule has 0 aliphatic heterocycles. The molecule has 2 rings (SSSR count). The number of nitrogens with two attached hydrogens (primary N) is 1. The number of benzene rings is 1. The third-order valence-corrected chi connectivity index (χ3v) is 4.22. The quantitative estimate of drug-likeness (QED) is 0.831. The summed E-state index contributed by atoms with van der Waals surface area (Å²) in [6.07, 6.45) is 6.27. The number of rotatable bonds is 4. The molecule has 1 atom stereocenters. The van der Waals surface area contributed by atoms with E-state index in [9.17, 15) is 4.79 Å². The largest absolute Gasteiger partial charge is 0.497 e. The molecule has 1 unspecified atom stereocenters. The van der Waals surface area contributed by atoms with Crippen molar-refractivity contribution in [2.75, 3.05) is 12.8 Å². The number of amides is 1. The van der Waals surface area contributed by atoms with Gasteiger partial charge in [-0.2, -0.15) is 0 Å². The van der Waals surface area contributed by atoms with E-state index in [2.05, 4.69) is 12.2 Å². The number of hydrogen-bond donors (Lipinski definition) is 2. The minimum absolute atomic E-state index is 0.112. The van der Waals surface area contributed by atoms with E-state index in [-0.39, 0.29) is 11.9 Å². The molecule has 0 saturated heterocycles. The molecule has 0 heterocycles. The molecular weight excluding hydrogens is 252 g/mol. The minimum atomic E-state index is -0.112. The van der Waals surface area contributed by atoms with Crippen molar-refractivity contribution in [3.8, 4) is 5.75 Å². The maximum absolute atomic E-state index is 12.3. The highest BCUT2D eigenvalue weighted by molar-refractivity contribution is 5.99. The monoisotopic (exact) mass is 276 g/mol. The van der Waals surface area contributed by atoms with Crippen LogP contribution in [0.4, 0.5) is 5.69 Å². The van der Waals surface area contributed by atoms with E-state index >= 15 is 0 Å². The molecule has 1 amide bonds. The summed E-state index contributed by atoms with van der Waals surface area (Å²) in [5, 5.41) is 3.08. The highest BCUT2D eigenvalue weighted by Gasteiger charge is 2.22. The van der Waals surface area contributed by atoms with E-state index in [1.54, 1.807) is 25.3 Å². The molecule has 1 saturated carbocycles. The van der Waals surface area contributed by atoms with Crippen molar-refractivity contribution in [2.24, 2.45) is 5.92 Å². The van der Waals surface area contributed by atoms with Gasteiger partial charge in [0.25, 0.3) is 5.91 Å². The first-order valence-electron chi connectivity index (χ1n) is 7.36. The number of ether oxygens (including phenoxy) is 1. The number of methoxy groups -OCH3 is 1.